The Labute approximate surface area is 236 Å². The van der Waals surface area contributed by atoms with Crippen molar-refractivity contribution >= 4 is 23.5 Å². The van der Waals surface area contributed by atoms with E-state index >= 15 is 0 Å². The summed E-state index contributed by atoms with van der Waals surface area (Å²) in [6.07, 6.45) is 6.96. The number of methoxy groups -OCH3 is 2. The highest BCUT2D eigenvalue weighted by Crippen LogP contribution is 2.38. The van der Waals surface area contributed by atoms with Gasteiger partial charge in [0, 0.05) is 36.6 Å². The fourth-order valence-corrected chi connectivity index (χ4v) is 4.80. The summed E-state index contributed by atoms with van der Waals surface area (Å²) in [5.41, 5.74) is 1.24. The second kappa shape index (κ2) is 14.0. The predicted molar refractivity (Wildman–Crippen MR) is 152 cm³/mol. The number of aryl methyl sites for hydroxylation is 1. The largest absolute Gasteiger partial charge is 0.493 e. The first kappa shape index (κ1) is 30.7. The van der Waals surface area contributed by atoms with Crippen molar-refractivity contribution in [3.05, 3.63) is 47.2 Å². The molecule has 0 aliphatic heterocycles. The van der Waals surface area contributed by atoms with Crippen molar-refractivity contribution in [2.75, 3.05) is 26.1 Å². The third kappa shape index (κ3) is 8.59. The number of nitrogens with one attached hydrogen (secondary N) is 2. The zero-order valence-corrected chi connectivity index (χ0v) is 24.5. The number of ether oxygens (including phenoxy) is 2. The van der Waals surface area contributed by atoms with E-state index < -0.39 is 11.6 Å². The number of hydrogen-bond acceptors (Lipinski definition) is 7. The molecule has 3 rings (SSSR count). The number of anilines is 1. The van der Waals surface area contributed by atoms with Crippen LogP contribution in [0.3, 0.4) is 0 Å². The number of carbonyl (C=O) groups excluding carboxylic acids is 3. The first-order valence-electron chi connectivity index (χ1n) is 13.8. The van der Waals surface area contributed by atoms with Gasteiger partial charge in [-0.25, -0.2) is 0 Å². The van der Waals surface area contributed by atoms with Gasteiger partial charge in [0.05, 0.1) is 14.2 Å². The summed E-state index contributed by atoms with van der Waals surface area (Å²) in [5.74, 6) is 0.667. The molecule has 3 amide bonds. The molecule has 0 bridgehead atoms. The average molecular weight is 555 g/mol. The number of benzene rings is 1. The Morgan fingerprint density at radius 3 is 2.50 bits per heavy atom. The SMILES string of the molecule is COc1cccc([C@H](C(=O)NC(C)(C)C)N(CCC2=CCCCC2)C(=O)CCC(=O)Nc2cc(C)on2)c1OC. The van der Waals surface area contributed by atoms with Crippen LogP contribution >= 0.6 is 0 Å². The van der Waals surface area contributed by atoms with Gasteiger partial charge in [-0.05, 0) is 65.9 Å². The summed E-state index contributed by atoms with van der Waals surface area (Å²) in [7, 11) is 3.04. The normalized spacial score (nSPS) is 14.1. The van der Waals surface area contributed by atoms with Crippen LogP contribution in [0.5, 0.6) is 11.5 Å². The van der Waals surface area contributed by atoms with Gasteiger partial charge in [0.15, 0.2) is 17.3 Å². The van der Waals surface area contributed by atoms with Crippen molar-refractivity contribution in [3.63, 3.8) is 0 Å². The van der Waals surface area contributed by atoms with Crippen LogP contribution in [-0.4, -0.2) is 54.1 Å². The molecule has 40 heavy (non-hydrogen) atoms. The Balaban J connectivity index is 1.94. The average Bonchev–Trinajstić information content (AvgIpc) is 3.32. The second-order valence-electron chi connectivity index (χ2n) is 11.0. The Kier molecular flexibility index (Phi) is 10.8. The van der Waals surface area contributed by atoms with Crippen LogP contribution < -0.4 is 20.1 Å². The minimum absolute atomic E-state index is 0.0766. The topological polar surface area (TPSA) is 123 Å². The van der Waals surface area contributed by atoms with Crippen molar-refractivity contribution in [2.45, 2.75) is 84.2 Å². The van der Waals surface area contributed by atoms with E-state index in [9.17, 15) is 14.4 Å². The highest BCUT2D eigenvalue weighted by molar-refractivity contribution is 5.94. The van der Waals surface area contributed by atoms with Crippen LogP contribution in [-0.2, 0) is 14.4 Å². The molecule has 0 spiro atoms. The number of carbonyl (C=O) groups is 3. The van der Waals surface area contributed by atoms with Gasteiger partial charge in [-0.2, -0.15) is 0 Å². The summed E-state index contributed by atoms with van der Waals surface area (Å²) < 4.78 is 16.2. The molecule has 0 saturated heterocycles. The lowest BCUT2D eigenvalue weighted by molar-refractivity contribution is -0.142. The zero-order chi connectivity index (χ0) is 29.3. The van der Waals surface area contributed by atoms with Gasteiger partial charge in [0.2, 0.25) is 17.7 Å². The lowest BCUT2D eigenvalue weighted by Crippen LogP contribution is -2.49. The number of nitrogens with zero attached hydrogens (tertiary/aromatic N) is 2. The minimum atomic E-state index is -0.998. The summed E-state index contributed by atoms with van der Waals surface area (Å²) in [5, 5.41) is 9.46. The van der Waals surface area contributed by atoms with Crippen LogP contribution in [0.1, 0.15) is 83.1 Å². The van der Waals surface area contributed by atoms with Gasteiger partial charge in [0.1, 0.15) is 11.8 Å². The van der Waals surface area contributed by atoms with Gasteiger partial charge in [-0.15, -0.1) is 0 Å². The van der Waals surface area contributed by atoms with E-state index in [1.165, 1.54) is 19.8 Å². The van der Waals surface area contributed by atoms with Crippen LogP contribution in [0.2, 0.25) is 0 Å². The molecule has 2 aromatic rings. The molecule has 1 atom stereocenters. The minimum Gasteiger partial charge on any atom is -0.493 e. The van der Waals surface area contributed by atoms with Gasteiger partial charge in [-0.1, -0.05) is 28.9 Å². The van der Waals surface area contributed by atoms with Crippen LogP contribution in [0.25, 0.3) is 0 Å². The maximum absolute atomic E-state index is 13.9. The molecule has 0 unspecified atom stereocenters. The summed E-state index contributed by atoms with van der Waals surface area (Å²) >= 11 is 0. The second-order valence-corrected chi connectivity index (χ2v) is 11.0. The van der Waals surface area contributed by atoms with E-state index in [1.54, 1.807) is 36.1 Å². The molecule has 1 heterocycles. The van der Waals surface area contributed by atoms with Gasteiger partial charge in [-0.3, -0.25) is 14.4 Å². The van der Waals surface area contributed by atoms with Gasteiger partial charge >= 0.3 is 0 Å². The molecule has 10 heteroatoms. The summed E-state index contributed by atoms with van der Waals surface area (Å²) in [6, 6.07) is 5.89. The molecule has 1 aliphatic rings. The van der Waals surface area contributed by atoms with E-state index in [0.29, 0.717) is 41.6 Å². The van der Waals surface area contributed by atoms with Crippen LogP contribution in [0.4, 0.5) is 5.82 Å². The molecule has 218 valence electrons. The number of allylic oxidation sites excluding steroid dienone is 1. The Morgan fingerprint density at radius 2 is 1.90 bits per heavy atom. The third-order valence-electron chi connectivity index (χ3n) is 6.63. The Morgan fingerprint density at radius 1 is 1.12 bits per heavy atom. The number of hydrogen-bond donors (Lipinski definition) is 2. The lowest BCUT2D eigenvalue weighted by atomic mass is 9.95. The fraction of sp³-hybridized carbons (Fsp3) is 0.533. The first-order valence-corrected chi connectivity index (χ1v) is 13.8. The van der Waals surface area contributed by atoms with Crippen molar-refractivity contribution < 1.29 is 28.4 Å². The van der Waals surface area contributed by atoms with Crippen LogP contribution in [0, 0.1) is 6.92 Å². The van der Waals surface area contributed by atoms with E-state index in [2.05, 4.69) is 21.9 Å². The number of rotatable bonds is 12. The first-order chi connectivity index (χ1) is 19.0. The molecule has 1 aromatic carbocycles. The highest BCUT2D eigenvalue weighted by Gasteiger charge is 2.36. The third-order valence-corrected chi connectivity index (χ3v) is 6.63. The van der Waals surface area contributed by atoms with E-state index in [-0.39, 0.29) is 30.6 Å². The van der Waals surface area contributed by atoms with E-state index in [0.717, 1.165) is 25.7 Å². The molecular formula is C30H42N4O6. The molecule has 2 N–H and O–H groups in total. The number of amides is 3. The Bertz CT molecular complexity index is 1210. The van der Waals surface area contributed by atoms with Crippen molar-refractivity contribution in [1.82, 2.24) is 15.4 Å². The summed E-state index contributed by atoms with van der Waals surface area (Å²) in [6.45, 7) is 7.71. The van der Waals surface area contributed by atoms with Crippen molar-refractivity contribution in [2.24, 2.45) is 0 Å². The predicted octanol–water partition coefficient (Wildman–Crippen LogP) is 5.09. The maximum atomic E-state index is 13.9. The molecular weight excluding hydrogens is 512 g/mol. The molecule has 1 aliphatic carbocycles. The van der Waals surface area contributed by atoms with Crippen LogP contribution in [0.15, 0.2) is 40.4 Å². The monoisotopic (exact) mass is 554 g/mol. The van der Waals surface area contributed by atoms with E-state index in [1.807, 2.05) is 20.8 Å². The van der Waals surface area contributed by atoms with Gasteiger partial charge in [0.25, 0.3) is 0 Å². The molecule has 0 saturated carbocycles. The van der Waals surface area contributed by atoms with Crippen molar-refractivity contribution in [3.8, 4) is 11.5 Å². The molecule has 0 fully saturated rings. The van der Waals surface area contributed by atoms with Gasteiger partial charge < -0.3 is 29.5 Å². The Hall–Kier alpha value is -3.82. The number of aromatic nitrogens is 1. The number of para-hydroxylation sites is 1. The zero-order valence-electron chi connectivity index (χ0n) is 24.5. The summed E-state index contributed by atoms with van der Waals surface area (Å²) in [4.78, 5) is 41.9. The molecule has 1 aromatic heterocycles. The molecule has 0 radical (unpaired) electrons. The maximum Gasteiger partial charge on any atom is 0.247 e. The lowest BCUT2D eigenvalue weighted by Gasteiger charge is -2.35. The standard InChI is InChI=1S/C30H42N4O6/c1-20-19-24(33-40-20)31-25(35)15-16-26(36)34(18-17-21-11-8-7-9-12-21)27(29(37)32-30(2,3)4)22-13-10-14-23(38-5)28(22)39-6/h10-11,13-14,19,27H,7-9,12,15-18H2,1-6H3,(H,32,37)(H,31,33,35)/t27-/m1/s1. The van der Waals surface area contributed by atoms with Crippen molar-refractivity contribution in [1.29, 1.82) is 0 Å². The quantitative estimate of drug-likeness (QED) is 0.350. The smallest absolute Gasteiger partial charge is 0.247 e. The fourth-order valence-electron chi connectivity index (χ4n) is 4.80. The van der Waals surface area contributed by atoms with E-state index in [4.69, 9.17) is 14.0 Å². The highest BCUT2D eigenvalue weighted by atomic mass is 16.5. The molecule has 10 nitrogen and oxygen atoms in total.